The van der Waals surface area contributed by atoms with Crippen LogP contribution in [0.2, 0.25) is 0 Å². The van der Waals surface area contributed by atoms with Crippen LogP contribution in [0.15, 0.2) is 48.7 Å². The molecular weight excluding hydrogens is 389 g/mol. The van der Waals surface area contributed by atoms with Crippen molar-refractivity contribution in [1.82, 2.24) is 9.78 Å². The lowest BCUT2D eigenvalue weighted by molar-refractivity contribution is -0.384. The predicted octanol–water partition coefficient (Wildman–Crippen LogP) is 4.67. The van der Waals surface area contributed by atoms with Crippen LogP contribution in [0.4, 0.5) is 24.5 Å². The molecule has 0 saturated heterocycles. The first-order chi connectivity index (χ1) is 13.6. The Kier molecular flexibility index (Phi) is 5.10. The minimum atomic E-state index is -4.88. The van der Waals surface area contributed by atoms with Crippen molar-refractivity contribution in [2.75, 3.05) is 5.32 Å². The molecule has 1 aromatic heterocycles. The van der Waals surface area contributed by atoms with Crippen molar-refractivity contribution in [3.8, 4) is 5.69 Å². The second-order valence-electron chi connectivity index (χ2n) is 6.36. The van der Waals surface area contributed by atoms with Gasteiger partial charge in [-0.05, 0) is 43.2 Å². The topological polar surface area (TPSA) is 90.1 Å². The summed E-state index contributed by atoms with van der Waals surface area (Å²) in [4.78, 5) is 22.7. The van der Waals surface area contributed by atoms with Crippen LogP contribution in [0.3, 0.4) is 0 Å². The summed E-state index contributed by atoms with van der Waals surface area (Å²) in [5.74, 6) is -0.959. The first kappa shape index (κ1) is 20.1. The summed E-state index contributed by atoms with van der Waals surface area (Å²) >= 11 is 0. The maximum absolute atomic E-state index is 13.7. The van der Waals surface area contributed by atoms with Crippen molar-refractivity contribution in [2.24, 2.45) is 0 Å². The molecule has 0 aliphatic rings. The van der Waals surface area contributed by atoms with Crippen molar-refractivity contribution in [2.45, 2.75) is 20.0 Å². The molecule has 29 heavy (non-hydrogen) atoms. The molecule has 3 rings (SSSR count). The van der Waals surface area contributed by atoms with E-state index >= 15 is 0 Å². The monoisotopic (exact) mass is 404 g/mol. The van der Waals surface area contributed by atoms with Crippen molar-refractivity contribution in [3.05, 3.63) is 81.2 Å². The third-order valence-electron chi connectivity index (χ3n) is 4.23. The Morgan fingerprint density at radius 2 is 1.79 bits per heavy atom. The maximum Gasteiger partial charge on any atom is 0.434 e. The molecule has 2 aromatic carbocycles. The minimum Gasteiger partial charge on any atom is -0.322 e. The Bertz CT molecular complexity index is 1090. The van der Waals surface area contributed by atoms with Gasteiger partial charge in [0, 0.05) is 17.8 Å². The molecule has 1 heterocycles. The number of aromatic nitrogens is 2. The van der Waals surface area contributed by atoms with Gasteiger partial charge in [-0.25, -0.2) is 4.68 Å². The number of benzene rings is 2. The van der Waals surface area contributed by atoms with Gasteiger partial charge in [-0.1, -0.05) is 12.1 Å². The van der Waals surface area contributed by atoms with Crippen LogP contribution in [-0.2, 0) is 6.18 Å². The second-order valence-corrected chi connectivity index (χ2v) is 6.36. The van der Waals surface area contributed by atoms with Gasteiger partial charge in [-0.3, -0.25) is 14.9 Å². The van der Waals surface area contributed by atoms with Crippen LogP contribution >= 0.6 is 0 Å². The summed E-state index contributed by atoms with van der Waals surface area (Å²) in [6.45, 7) is 3.52. The fourth-order valence-corrected chi connectivity index (χ4v) is 2.76. The molecule has 0 atom stereocenters. The highest BCUT2D eigenvalue weighted by Crippen LogP contribution is 2.34. The first-order valence-corrected chi connectivity index (χ1v) is 8.36. The molecular formula is C19H15F3N4O3. The van der Waals surface area contributed by atoms with Crippen molar-refractivity contribution < 1.29 is 22.9 Å². The van der Waals surface area contributed by atoms with E-state index in [2.05, 4.69) is 10.4 Å². The van der Waals surface area contributed by atoms with E-state index in [4.69, 9.17) is 0 Å². The number of aryl methyl sites for hydroxylation is 2. The summed E-state index contributed by atoms with van der Waals surface area (Å²) in [5.41, 5.74) is -0.336. The van der Waals surface area contributed by atoms with Crippen LogP contribution in [0.1, 0.15) is 27.2 Å². The number of carbonyl (C=O) groups is 1. The maximum atomic E-state index is 13.7. The number of amides is 1. The standard InChI is InChI=1S/C19H15F3N4O3/c1-11-3-4-12(2)16(9-11)24-18(27)15-10-23-25(17(15)19(20,21)22)13-5-7-14(8-6-13)26(28)29/h3-10H,1-2H3,(H,24,27). The average molecular weight is 404 g/mol. The number of nitro benzene ring substituents is 1. The molecule has 0 unspecified atom stereocenters. The average Bonchev–Trinajstić information content (AvgIpc) is 3.10. The third kappa shape index (κ3) is 4.10. The first-order valence-electron chi connectivity index (χ1n) is 8.36. The number of carbonyl (C=O) groups excluding carboxylic acids is 1. The van der Waals surface area contributed by atoms with E-state index in [1.165, 1.54) is 0 Å². The third-order valence-corrected chi connectivity index (χ3v) is 4.23. The van der Waals surface area contributed by atoms with E-state index in [9.17, 15) is 28.1 Å². The van der Waals surface area contributed by atoms with Crippen LogP contribution in [0.25, 0.3) is 5.69 Å². The van der Waals surface area contributed by atoms with E-state index in [1.807, 2.05) is 6.07 Å². The van der Waals surface area contributed by atoms with Crippen molar-refractivity contribution in [3.63, 3.8) is 0 Å². The zero-order valence-corrected chi connectivity index (χ0v) is 15.3. The molecule has 3 aromatic rings. The summed E-state index contributed by atoms with van der Waals surface area (Å²) < 4.78 is 41.7. The zero-order chi connectivity index (χ0) is 21.3. The molecule has 0 fully saturated rings. The quantitative estimate of drug-likeness (QED) is 0.506. The second kappa shape index (κ2) is 7.38. The number of nitrogens with zero attached hydrogens (tertiary/aromatic N) is 3. The van der Waals surface area contributed by atoms with Crippen LogP contribution in [0, 0.1) is 24.0 Å². The number of non-ortho nitro benzene ring substituents is 1. The van der Waals surface area contributed by atoms with Crippen LogP contribution in [0.5, 0.6) is 0 Å². The Morgan fingerprint density at radius 3 is 2.38 bits per heavy atom. The van der Waals surface area contributed by atoms with Gasteiger partial charge >= 0.3 is 6.18 Å². The summed E-state index contributed by atoms with van der Waals surface area (Å²) in [7, 11) is 0. The lowest BCUT2D eigenvalue weighted by Gasteiger charge is -2.13. The Morgan fingerprint density at radius 1 is 1.14 bits per heavy atom. The zero-order valence-electron chi connectivity index (χ0n) is 15.3. The van der Waals surface area contributed by atoms with E-state index in [-0.39, 0.29) is 11.4 Å². The molecule has 1 N–H and O–H groups in total. The summed E-state index contributed by atoms with van der Waals surface area (Å²) in [6, 6.07) is 9.61. The number of hydrogen-bond acceptors (Lipinski definition) is 4. The SMILES string of the molecule is Cc1ccc(C)c(NC(=O)c2cnn(-c3ccc([N+](=O)[O-])cc3)c2C(F)(F)F)c1. The molecule has 0 spiro atoms. The van der Waals surface area contributed by atoms with Gasteiger partial charge in [0.2, 0.25) is 0 Å². The van der Waals surface area contributed by atoms with Gasteiger partial charge < -0.3 is 5.32 Å². The molecule has 150 valence electrons. The molecule has 0 bridgehead atoms. The number of anilines is 1. The highest BCUT2D eigenvalue weighted by atomic mass is 19.4. The molecule has 0 saturated carbocycles. The largest absolute Gasteiger partial charge is 0.434 e. The van der Waals surface area contributed by atoms with Crippen molar-refractivity contribution >= 4 is 17.3 Å². The molecule has 10 heteroatoms. The number of rotatable bonds is 4. The number of hydrogen-bond donors (Lipinski definition) is 1. The van der Waals surface area contributed by atoms with Crippen LogP contribution in [-0.4, -0.2) is 20.6 Å². The van der Waals surface area contributed by atoms with E-state index in [0.717, 1.165) is 36.0 Å². The van der Waals surface area contributed by atoms with Gasteiger partial charge in [-0.15, -0.1) is 0 Å². The smallest absolute Gasteiger partial charge is 0.322 e. The Balaban J connectivity index is 2.03. The lowest BCUT2D eigenvalue weighted by Crippen LogP contribution is -2.21. The number of halogens is 3. The van der Waals surface area contributed by atoms with Crippen molar-refractivity contribution in [1.29, 1.82) is 0 Å². The van der Waals surface area contributed by atoms with E-state index in [0.29, 0.717) is 15.9 Å². The molecule has 0 aliphatic heterocycles. The summed E-state index contributed by atoms with van der Waals surface area (Å²) in [5, 5.41) is 16.9. The fourth-order valence-electron chi connectivity index (χ4n) is 2.76. The normalized spacial score (nSPS) is 11.3. The van der Waals surface area contributed by atoms with Gasteiger partial charge in [0.15, 0.2) is 5.69 Å². The van der Waals surface area contributed by atoms with Gasteiger partial charge in [0.25, 0.3) is 11.6 Å². The van der Waals surface area contributed by atoms with Gasteiger partial charge in [-0.2, -0.15) is 18.3 Å². The Labute approximate surface area is 162 Å². The van der Waals surface area contributed by atoms with Gasteiger partial charge in [0.1, 0.15) is 0 Å². The highest BCUT2D eigenvalue weighted by Gasteiger charge is 2.40. The number of nitrogens with one attached hydrogen (secondary N) is 1. The molecule has 1 amide bonds. The predicted molar refractivity (Wildman–Crippen MR) is 99.1 cm³/mol. The lowest BCUT2D eigenvalue weighted by atomic mass is 10.1. The van der Waals surface area contributed by atoms with Crippen LogP contribution < -0.4 is 5.32 Å². The van der Waals surface area contributed by atoms with E-state index in [1.54, 1.807) is 26.0 Å². The fraction of sp³-hybridized carbons (Fsp3) is 0.158. The van der Waals surface area contributed by atoms with Gasteiger partial charge in [0.05, 0.1) is 22.4 Å². The van der Waals surface area contributed by atoms with E-state index < -0.39 is 28.3 Å². The number of alkyl halides is 3. The Hall–Kier alpha value is -3.69. The molecule has 0 aliphatic carbocycles. The molecule has 7 nitrogen and oxygen atoms in total. The highest BCUT2D eigenvalue weighted by molar-refractivity contribution is 6.05. The minimum absolute atomic E-state index is 0.0614. The summed E-state index contributed by atoms with van der Waals surface area (Å²) in [6.07, 6.45) is -4.06. The molecule has 0 radical (unpaired) electrons. The number of nitro groups is 1.